The number of carbonyl (C=O) groups is 4. The van der Waals surface area contributed by atoms with E-state index in [0.717, 1.165) is 37.0 Å². The summed E-state index contributed by atoms with van der Waals surface area (Å²) >= 11 is 0. The molecule has 1 aliphatic heterocycles. The van der Waals surface area contributed by atoms with Gasteiger partial charge in [-0.2, -0.15) is 0 Å². The molecule has 0 bridgehead atoms. The molecule has 7 nitrogen and oxygen atoms in total. The number of nitrogens with zero attached hydrogens (tertiary/aromatic N) is 1. The van der Waals surface area contributed by atoms with Crippen LogP contribution < -0.4 is 5.32 Å². The van der Waals surface area contributed by atoms with Gasteiger partial charge in [-0.3, -0.25) is 24.1 Å². The van der Waals surface area contributed by atoms with Gasteiger partial charge in [0.1, 0.15) is 5.78 Å². The summed E-state index contributed by atoms with van der Waals surface area (Å²) in [6, 6.07) is -0.00659. The van der Waals surface area contributed by atoms with E-state index in [0.29, 0.717) is 6.42 Å². The van der Waals surface area contributed by atoms with Gasteiger partial charge in [0, 0.05) is 43.0 Å². The Kier molecular flexibility index (Phi) is 10.8. The molecule has 1 N–H and O–H groups in total. The van der Waals surface area contributed by atoms with Gasteiger partial charge in [0.05, 0.1) is 11.7 Å². The van der Waals surface area contributed by atoms with E-state index in [1.54, 1.807) is 0 Å². The molecular formula is C25H42N2O5. The van der Waals surface area contributed by atoms with Gasteiger partial charge in [-0.15, -0.1) is 0 Å². The molecule has 0 aliphatic carbocycles. The maximum atomic E-state index is 12.3. The molecule has 0 fully saturated rings. The summed E-state index contributed by atoms with van der Waals surface area (Å²) < 4.78 is 6.23. The molecule has 0 spiro atoms. The molecule has 32 heavy (non-hydrogen) atoms. The van der Waals surface area contributed by atoms with Crippen molar-refractivity contribution < 1.29 is 23.9 Å². The van der Waals surface area contributed by atoms with Crippen molar-refractivity contribution in [2.75, 3.05) is 6.54 Å². The zero-order valence-corrected chi connectivity index (χ0v) is 21.0. The number of rotatable bonds is 13. The first kappa shape index (κ1) is 28.0. The first-order valence-electron chi connectivity index (χ1n) is 11.8. The molecule has 0 aromatic heterocycles. The van der Waals surface area contributed by atoms with Crippen molar-refractivity contribution in [2.24, 2.45) is 5.41 Å². The Bertz CT molecular complexity index is 682. The van der Waals surface area contributed by atoms with Crippen LogP contribution in [-0.2, 0) is 23.9 Å². The van der Waals surface area contributed by atoms with E-state index in [4.69, 9.17) is 4.74 Å². The lowest BCUT2D eigenvalue weighted by molar-refractivity contribution is -0.137. The monoisotopic (exact) mass is 450 g/mol. The second kappa shape index (κ2) is 12.3. The standard InChI is InChI=1S/C25H42N2O5/c1-8-18(26-21(29)16-17-27-22(30)14-15-23(27)31)12-13-19(32-25(5,6)7)10-9-11-20(28)24(2,3)4/h14-15,18-19H,8-13,16-17H2,1-7H3,(H,26,29). The second-order valence-corrected chi connectivity index (χ2v) is 10.6. The van der Waals surface area contributed by atoms with Crippen molar-refractivity contribution in [3.63, 3.8) is 0 Å². The van der Waals surface area contributed by atoms with Gasteiger partial charge in [0.25, 0.3) is 11.8 Å². The third-order valence-electron chi connectivity index (χ3n) is 5.44. The van der Waals surface area contributed by atoms with Gasteiger partial charge >= 0.3 is 0 Å². The molecule has 182 valence electrons. The summed E-state index contributed by atoms with van der Waals surface area (Å²) in [6.45, 7) is 14.0. The number of ketones is 1. The average molecular weight is 451 g/mol. The molecule has 2 unspecified atom stereocenters. The summed E-state index contributed by atoms with van der Waals surface area (Å²) in [6.07, 6.45) is 7.00. The van der Waals surface area contributed by atoms with Gasteiger partial charge in [-0.05, 0) is 52.9 Å². The topological polar surface area (TPSA) is 92.8 Å². The fourth-order valence-corrected chi connectivity index (χ4v) is 3.56. The highest BCUT2D eigenvalue weighted by Gasteiger charge is 2.25. The van der Waals surface area contributed by atoms with E-state index < -0.39 is 0 Å². The minimum atomic E-state index is -0.373. The Morgan fingerprint density at radius 1 is 0.969 bits per heavy atom. The molecule has 0 radical (unpaired) electrons. The Morgan fingerprint density at radius 2 is 1.56 bits per heavy atom. The first-order valence-corrected chi connectivity index (χ1v) is 11.8. The average Bonchev–Trinajstić information content (AvgIpc) is 2.98. The fourth-order valence-electron chi connectivity index (χ4n) is 3.56. The number of imide groups is 1. The molecular weight excluding hydrogens is 408 g/mol. The summed E-state index contributed by atoms with van der Waals surface area (Å²) in [5.41, 5.74) is -0.606. The molecule has 1 aliphatic rings. The Hall–Kier alpha value is -2.02. The zero-order chi connectivity index (χ0) is 24.5. The van der Waals surface area contributed by atoms with Crippen LogP contribution in [0.3, 0.4) is 0 Å². The van der Waals surface area contributed by atoms with Crippen LogP contribution in [0.1, 0.15) is 93.4 Å². The lowest BCUT2D eigenvalue weighted by Gasteiger charge is -2.29. The highest BCUT2D eigenvalue weighted by atomic mass is 16.5. The lowest BCUT2D eigenvalue weighted by Crippen LogP contribution is -2.39. The Labute approximate surface area is 193 Å². The lowest BCUT2D eigenvalue weighted by atomic mass is 9.87. The van der Waals surface area contributed by atoms with Crippen LogP contribution in [0.15, 0.2) is 12.2 Å². The minimum absolute atomic E-state index is 0.00659. The van der Waals surface area contributed by atoms with Crippen molar-refractivity contribution in [3.8, 4) is 0 Å². The summed E-state index contributed by atoms with van der Waals surface area (Å²) in [5, 5.41) is 3.01. The van der Waals surface area contributed by atoms with E-state index in [2.05, 4.69) is 5.32 Å². The molecule has 3 amide bonds. The van der Waals surface area contributed by atoms with Gasteiger partial charge in [-0.25, -0.2) is 0 Å². The van der Waals surface area contributed by atoms with Crippen LogP contribution in [0, 0.1) is 5.41 Å². The quantitative estimate of drug-likeness (QED) is 0.429. The maximum absolute atomic E-state index is 12.3. The molecule has 0 aromatic rings. The number of hydrogen-bond donors (Lipinski definition) is 1. The van der Waals surface area contributed by atoms with Crippen molar-refractivity contribution in [2.45, 2.75) is 111 Å². The third-order valence-corrected chi connectivity index (χ3v) is 5.44. The van der Waals surface area contributed by atoms with Crippen molar-refractivity contribution in [1.29, 1.82) is 0 Å². The smallest absolute Gasteiger partial charge is 0.253 e. The van der Waals surface area contributed by atoms with Crippen LogP contribution in [0.25, 0.3) is 0 Å². The molecule has 1 heterocycles. The highest BCUT2D eigenvalue weighted by Crippen LogP contribution is 2.23. The molecule has 0 aromatic carbocycles. The largest absolute Gasteiger partial charge is 0.373 e. The maximum Gasteiger partial charge on any atom is 0.253 e. The number of hydrogen-bond acceptors (Lipinski definition) is 5. The minimum Gasteiger partial charge on any atom is -0.373 e. The number of ether oxygens (including phenoxy) is 1. The molecule has 0 saturated carbocycles. The number of amides is 3. The normalized spacial score (nSPS) is 16.4. The van der Waals surface area contributed by atoms with E-state index >= 15 is 0 Å². The van der Waals surface area contributed by atoms with E-state index in [1.807, 2.05) is 48.5 Å². The SMILES string of the molecule is CCC(CCC(CCCC(=O)C(C)(C)C)OC(C)(C)C)NC(=O)CCN1C(=O)C=CC1=O. The predicted octanol–water partition coefficient (Wildman–Crippen LogP) is 3.95. The molecule has 0 saturated heterocycles. The zero-order valence-electron chi connectivity index (χ0n) is 21.0. The Morgan fingerprint density at radius 3 is 2.06 bits per heavy atom. The summed E-state index contributed by atoms with van der Waals surface area (Å²) in [5.74, 6) is -0.659. The van der Waals surface area contributed by atoms with E-state index in [9.17, 15) is 19.2 Å². The number of carbonyl (C=O) groups excluding carboxylic acids is 4. The van der Waals surface area contributed by atoms with Gasteiger partial charge < -0.3 is 10.1 Å². The van der Waals surface area contributed by atoms with Crippen LogP contribution in [0.5, 0.6) is 0 Å². The van der Waals surface area contributed by atoms with Crippen molar-refractivity contribution in [3.05, 3.63) is 12.2 Å². The van der Waals surface area contributed by atoms with Crippen molar-refractivity contribution in [1.82, 2.24) is 10.2 Å². The summed E-state index contributed by atoms with van der Waals surface area (Å²) in [4.78, 5) is 48.9. The molecule has 7 heteroatoms. The van der Waals surface area contributed by atoms with E-state index in [-0.39, 0.29) is 59.6 Å². The summed E-state index contributed by atoms with van der Waals surface area (Å²) in [7, 11) is 0. The highest BCUT2D eigenvalue weighted by molar-refractivity contribution is 6.13. The van der Waals surface area contributed by atoms with Crippen molar-refractivity contribution >= 4 is 23.5 Å². The van der Waals surface area contributed by atoms with Gasteiger partial charge in [0.15, 0.2) is 0 Å². The van der Waals surface area contributed by atoms with Crippen LogP contribution in [-0.4, -0.2) is 52.7 Å². The van der Waals surface area contributed by atoms with E-state index in [1.165, 1.54) is 12.2 Å². The predicted molar refractivity (Wildman–Crippen MR) is 125 cm³/mol. The fraction of sp³-hybridized carbons (Fsp3) is 0.760. The number of nitrogens with one attached hydrogen (secondary N) is 1. The number of Topliss-reactive ketones (excluding diaryl/α,β-unsaturated/α-hetero) is 1. The van der Waals surface area contributed by atoms with Crippen LogP contribution >= 0.6 is 0 Å². The third kappa shape index (κ3) is 10.5. The first-order chi connectivity index (χ1) is 14.7. The van der Waals surface area contributed by atoms with Gasteiger partial charge in [-0.1, -0.05) is 27.7 Å². The second-order valence-electron chi connectivity index (χ2n) is 10.6. The Balaban J connectivity index is 2.51. The van der Waals surface area contributed by atoms with Crippen LogP contribution in [0.2, 0.25) is 0 Å². The molecule has 2 atom stereocenters. The van der Waals surface area contributed by atoms with Gasteiger partial charge in [0.2, 0.25) is 5.91 Å². The molecule has 1 rings (SSSR count). The van der Waals surface area contributed by atoms with Crippen LogP contribution in [0.4, 0.5) is 0 Å².